The van der Waals surface area contributed by atoms with Gasteiger partial charge < -0.3 is 15.2 Å². The van der Waals surface area contributed by atoms with Crippen LogP contribution in [0.15, 0.2) is 42.1 Å². The Morgan fingerprint density at radius 3 is 2.37 bits per heavy atom. The number of aliphatic hydroxyl groups is 1. The molecule has 2 aliphatic heterocycles. The van der Waals surface area contributed by atoms with E-state index in [4.69, 9.17) is 9.84 Å². The van der Waals surface area contributed by atoms with E-state index in [-0.39, 0.29) is 24.4 Å². The monoisotopic (exact) mass is 373 g/mol. The number of carbonyl (C=O) groups is 2. The number of benzene rings is 1. The van der Waals surface area contributed by atoms with Gasteiger partial charge in [0.25, 0.3) is 0 Å². The summed E-state index contributed by atoms with van der Waals surface area (Å²) < 4.78 is 5.43. The lowest BCUT2D eigenvalue weighted by Crippen LogP contribution is -2.48. The maximum Gasteiger partial charge on any atom is 0.343 e. The van der Waals surface area contributed by atoms with E-state index in [0.717, 1.165) is 44.8 Å². The van der Waals surface area contributed by atoms with Gasteiger partial charge in [0.2, 0.25) is 0 Å². The van der Waals surface area contributed by atoms with Crippen molar-refractivity contribution >= 4 is 11.8 Å². The van der Waals surface area contributed by atoms with Gasteiger partial charge in [0.05, 0.1) is 13.0 Å². The highest BCUT2D eigenvalue weighted by atomic mass is 16.5. The minimum atomic E-state index is -0.565. The molecular formula is C20H27N3O4. The van der Waals surface area contributed by atoms with Crippen molar-refractivity contribution in [1.82, 2.24) is 15.1 Å². The summed E-state index contributed by atoms with van der Waals surface area (Å²) in [5.41, 5.74) is 0.932. The Hall–Kier alpha value is -2.22. The van der Waals surface area contributed by atoms with E-state index in [0.29, 0.717) is 6.54 Å². The second-order valence-corrected chi connectivity index (χ2v) is 6.85. The highest BCUT2D eigenvalue weighted by molar-refractivity contribution is 6.18. The van der Waals surface area contributed by atoms with E-state index in [9.17, 15) is 9.59 Å². The maximum absolute atomic E-state index is 12.3. The fourth-order valence-electron chi connectivity index (χ4n) is 3.39. The number of nitrogens with zero attached hydrogens (tertiary/aromatic N) is 2. The van der Waals surface area contributed by atoms with Crippen LogP contribution in [0.4, 0.5) is 0 Å². The summed E-state index contributed by atoms with van der Waals surface area (Å²) in [5.74, 6) is -0.754. The third-order valence-electron chi connectivity index (χ3n) is 5.01. The van der Waals surface area contributed by atoms with Crippen molar-refractivity contribution in [2.75, 3.05) is 52.4 Å². The molecule has 0 radical (unpaired) electrons. The number of esters is 1. The number of aliphatic hydroxyl groups excluding tert-OH is 1. The molecule has 1 aromatic rings. The number of ketones is 1. The predicted molar refractivity (Wildman–Crippen MR) is 101 cm³/mol. The molecule has 146 valence electrons. The number of hydrogen-bond acceptors (Lipinski definition) is 7. The SMILES string of the molecule is O=C1CC(c2ccccc2)OC(=O)/C1=C/NCCN1CCN(CCO)CC1. The van der Waals surface area contributed by atoms with Gasteiger partial charge in [-0.3, -0.25) is 14.6 Å². The Kier molecular flexibility index (Phi) is 6.98. The average molecular weight is 373 g/mol. The normalized spacial score (nSPS) is 23.4. The number of hydrogen-bond donors (Lipinski definition) is 2. The predicted octanol–water partition coefficient (Wildman–Crippen LogP) is 0.327. The molecular weight excluding hydrogens is 346 g/mol. The Labute approximate surface area is 159 Å². The van der Waals surface area contributed by atoms with Gasteiger partial charge in [0.15, 0.2) is 5.78 Å². The standard InChI is InChI=1S/C20H27N3O4/c24-13-12-23-10-8-22(9-11-23)7-6-21-15-17-18(25)14-19(27-20(17)26)16-4-2-1-3-5-16/h1-5,15,19,21,24H,6-14H2/b17-15+. The lowest BCUT2D eigenvalue weighted by atomic mass is 9.97. The number of piperazine rings is 1. The summed E-state index contributed by atoms with van der Waals surface area (Å²) in [6.45, 7) is 6.24. The van der Waals surface area contributed by atoms with Crippen LogP contribution in [0.5, 0.6) is 0 Å². The molecule has 2 saturated heterocycles. The van der Waals surface area contributed by atoms with E-state index in [1.165, 1.54) is 6.20 Å². The molecule has 7 heteroatoms. The zero-order valence-corrected chi connectivity index (χ0v) is 15.5. The van der Waals surface area contributed by atoms with E-state index < -0.39 is 12.1 Å². The maximum atomic E-state index is 12.3. The zero-order chi connectivity index (χ0) is 19.1. The van der Waals surface area contributed by atoms with Gasteiger partial charge in [-0.1, -0.05) is 30.3 Å². The summed E-state index contributed by atoms with van der Waals surface area (Å²) in [4.78, 5) is 29.1. The first-order valence-corrected chi connectivity index (χ1v) is 9.45. The van der Waals surface area contributed by atoms with Crippen molar-refractivity contribution in [3.8, 4) is 0 Å². The number of β-amino-alcohol motifs (C(OH)–C–C–N with tert-alkyl or cyclic N) is 1. The van der Waals surface area contributed by atoms with Gasteiger partial charge in [-0.2, -0.15) is 0 Å². The van der Waals surface area contributed by atoms with Crippen LogP contribution in [-0.4, -0.2) is 79.1 Å². The number of Topliss-reactive ketones (excluding diaryl/α,β-unsaturated/α-hetero) is 1. The number of cyclic esters (lactones) is 1. The molecule has 2 heterocycles. The molecule has 0 aromatic heterocycles. The first-order chi connectivity index (χ1) is 13.2. The van der Waals surface area contributed by atoms with Crippen molar-refractivity contribution in [2.24, 2.45) is 0 Å². The summed E-state index contributed by atoms with van der Waals surface area (Å²) in [5, 5.41) is 12.0. The number of rotatable bonds is 7. The molecule has 1 aromatic carbocycles. The minimum Gasteiger partial charge on any atom is -0.453 e. The smallest absolute Gasteiger partial charge is 0.343 e. The highest BCUT2D eigenvalue weighted by Gasteiger charge is 2.32. The second-order valence-electron chi connectivity index (χ2n) is 6.85. The van der Waals surface area contributed by atoms with Gasteiger partial charge in [-0.15, -0.1) is 0 Å². The van der Waals surface area contributed by atoms with Crippen LogP contribution in [0.1, 0.15) is 18.1 Å². The number of ether oxygens (including phenoxy) is 1. The van der Waals surface area contributed by atoms with Crippen molar-refractivity contribution in [3.05, 3.63) is 47.7 Å². The molecule has 27 heavy (non-hydrogen) atoms. The topological polar surface area (TPSA) is 82.1 Å². The molecule has 0 amide bonds. The highest BCUT2D eigenvalue weighted by Crippen LogP contribution is 2.28. The van der Waals surface area contributed by atoms with Crippen molar-refractivity contribution in [1.29, 1.82) is 0 Å². The molecule has 1 atom stereocenters. The molecule has 0 bridgehead atoms. The molecule has 0 spiro atoms. The van der Waals surface area contributed by atoms with Crippen LogP contribution in [0.3, 0.4) is 0 Å². The summed E-state index contributed by atoms with van der Waals surface area (Å²) in [6, 6.07) is 9.34. The number of nitrogens with one attached hydrogen (secondary N) is 1. The lowest BCUT2D eigenvalue weighted by Gasteiger charge is -2.34. The molecule has 0 saturated carbocycles. The van der Waals surface area contributed by atoms with Gasteiger partial charge in [0.1, 0.15) is 11.7 Å². The molecule has 1 unspecified atom stereocenters. The van der Waals surface area contributed by atoms with Crippen LogP contribution in [0, 0.1) is 0 Å². The van der Waals surface area contributed by atoms with Crippen LogP contribution in [0.25, 0.3) is 0 Å². The van der Waals surface area contributed by atoms with Crippen LogP contribution in [-0.2, 0) is 14.3 Å². The fraction of sp³-hybridized carbons (Fsp3) is 0.500. The lowest BCUT2D eigenvalue weighted by molar-refractivity contribution is -0.151. The van der Waals surface area contributed by atoms with E-state index in [1.54, 1.807) is 0 Å². The van der Waals surface area contributed by atoms with Crippen LogP contribution in [0.2, 0.25) is 0 Å². The molecule has 2 aliphatic rings. The minimum absolute atomic E-state index is 0.0925. The second kappa shape index (κ2) is 9.64. The first-order valence-electron chi connectivity index (χ1n) is 9.45. The molecule has 2 N–H and O–H groups in total. The average Bonchev–Trinajstić information content (AvgIpc) is 2.69. The van der Waals surface area contributed by atoms with Gasteiger partial charge in [-0.05, 0) is 5.56 Å². The Bertz CT molecular complexity index is 649. The molecule has 0 aliphatic carbocycles. The zero-order valence-electron chi connectivity index (χ0n) is 15.5. The summed E-state index contributed by atoms with van der Waals surface area (Å²) >= 11 is 0. The Morgan fingerprint density at radius 2 is 1.74 bits per heavy atom. The van der Waals surface area contributed by atoms with E-state index in [1.807, 2.05) is 30.3 Å². The summed E-state index contributed by atoms with van der Waals surface area (Å²) in [6.07, 6.45) is 1.17. The van der Waals surface area contributed by atoms with Gasteiger partial charge >= 0.3 is 5.97 Å². The van der Waals surface area contributed by atoms with Crippen molar-refractivity contribution in [2.45, 2.75) is 12.5 Å². The van der Waals surface area contributed by atoms with Crippen LogP contribution >= 0.6 is 0 Å². The number of carbonyl (C=O) groups excluding carboxylic acids is 2. The van der Waals surface area contributed by atoms with Crippen molar-refractivity contribution < 1.29 is 19.4 Å². The van der Waals surface area contributed by atoms with Crippen LogP contribution < -0.4 is 5.32 Å². The van der Waals surface area contributed by atoms with Gasteiger partial charge in [-0.25, -0.2) is 4.79 Å². The first kappa shape index (κ1) is 19.5. The third-order valence-corrected chi connectivity index (χ3v) is 5.01. The Balaban J connectivity index is 1.43. The fourth-order valence-corrected chi connectivity index (χ4v) is 3.39. The van der Waals surface area contributed by atoms with Crippen molar-refractivity contribution in [3.63, 3.8) is 0 Å². The largest absolute Gasteiger partial charge is 0.453 e. The quantitative estimate of drug-likeness (QED) is 0.308. The summed E-state index contributed by atoms with van der Waals surface area (Å²) in [7, 11) is 0. The van der Waals surface area contributed by atoms with E-state index >= 15 is 0 Å². The van der Waals surface area contributed by atoms with Gasteiger partial charge in [0, 0.05) is 52.0 Å². The molecule has 7 nitrogen and oxygen atoms in total. The molecule has 2 fully saturated rings. The van der Waals surface area contributed by atoms with E-state index in [2.05, 4.69) is 15.1 Å². The molecule has 3 rings (SSSR count). The Morgan fingerprint density at radius 1 is 1.07 bits per heavy atom. The third kappa shape index (κ3) is 5.38.